The standard InChI is InChI=1S/C15H22Cl2F2N4O3S/c1-3-20-15(21-5-4-6-23-27(2,24)25)22-9-10-7-11(16)8-12(17)13(10)26-14(18)19/h7-8,14,23H,3-6,9H2,1-2H3,(H2,20,21,22). The molecule has 0 aliphatic rings. The van der Waals surface area contributed by atoms with Crippen molar-refractivity contribution in [1.82, 2.24) is 15.4 Å². The van der Waals surface area contributed by atoms with E-state index in [1.54, 1.807) is 0 Å². The highest BCUT2D eigenvalue weighted by Crippen LogP contribution is 2.34. The molecule has 0 heterocycles. The lowest BCUT2D eigenvalue weighted by molar-refractivity contribution is -0.0503. The summed E-state index contributed by atoms with van der Waals surface area (Å²) in [5.74, 6) is 0.254. The highest BCUT2D eigenvalue weighted by atomic mass is 35.5. The lowest BCUT2D eigenvalue weighted by atomic mass is 10.2. The first-order chi connectivity index (χ1) is 12.6. The highest BCUT2D eigenvalue weighted by molar-refractivity contribution is 7.88. The van der Waals surface area contributed by atoms with Gasteiger partial charge in [0.05, 0.1) is 17.8 Å². The van der Waals surface area contributed by atoms with Crippen LogP contribution in [-0.2, 0) is 16.6 Å². The Balaban J connectivity index is 2.77. The number of halogens is 4. The SMILES string of the molecule is CCNC(=NCc1cc(Cl)cc(Cl)c1OC(F)F)NCCCNS(C)(=O)=O. The molecule has 0 bridgehead atoms. The second kappa shape index (κ2) is 11.5. The van der Waals surface area contributed by atoms with Gasteiger partial charge in [-0.2, -0.15) is 8.78 Å². The second-order valence-electron chi connectivity index (χ2n) is 5.40. The van der Waals surface area contributed by atoms with E-state index in [0.29, 0.717) is 31.0 Å². The van der Waals surface area contributed by atoms with E-state index in [4.69, 9.17) is 23.2 Å². The molecule has 1 aromatic carbocycles. The minimum atomic E-state index is -3.23. The van der Waals surface area contributed by atoms with Crippen molar-refractivity contribution in [1.29, 1.82) is 0 Å². The van der Waals surface area contributed by atoms with E-state index < -0.39 is 16.6 Å². The molecular weight excluding hydrogens is 425 g/mol. The van der Waals surface area contributed by atoms with Gasteiger partial charge in [0.15, 0.2) is 5.96 Å². The summed E-state index contributed by atoms with van der Waals surface area (Å²) in [5, 5.41) is 6.26. The summed E-state index contributed by atoms with van der Waals surface area (Å²) >= 11 is 11.9. The first-order valence-corrected chi connectivity index (χ1v) is 10.7. The summed E-state index contributed by atoms with van der Waals surface area (Å²) in [7, 11) is -3.23. The smallest absolute Gasteiger partial charge is 0.387 e. The van der Waals surface area contributed by atoms with Gasteiger partial charge < -0.3 is 15.4 Å². The third-order valence-corrected chi connectivity index (χ3v) is 4.28. The number of rotatable bonds is 10. The average Bonchev–Trinajstić information content (AvgIpc) is 2.53. The van der Waals surface area contributed by atoms with Crippen LogP contribution in [0.2, 0.25) is 10.0 Å². The zero-order chi connectivity index (χ0) is 20.4. The van der Waals surface area contributed by atoms with Crippen LogP contribution in [0.25, 0.3) is 0 Å². The minimum absolute atomic E-state index is 0.000738. The van der Waals surface area contributed by atoms with E-state index in [2.05, 4.69) is 25.1 Å². The third-order valence-electron chi connectivity index (χ3n) is 3.05. The Bertz CT molecular complexity index is 749. The number of nitrogens with one attached hydrogen (secondary N) is 3. The van der Waals surface area contributed by atoms with Crippen molar-refractivity contribution >= 4 is 39.2 Å². The summed E-state index contributed by atoms with van der Waals surface area (Å²) in [6.45, 7) is 0.139. The monoisotopic (exact) mass is 446 g/mol. The van der Waals surface area contributed by atoms with Crippen molar-refractivity contribution in [2.75, 3.05) is 25.9 Å². The van der Waals surface area contributed by atoms with Crippen LogP contribution in [0.5, 0.6) is 5.75 Å². The molecule has 0 aliphatic carbocycles. The van der Waals surface area contributed by atoms with E-state index in [9.17, 15) is 17.2 Å². The molecule has 0 amide bonds. The maximum Gasteiger partial charge on any atom is 0.387 e. The first kappa shape index (κ1) is 23.7. The van der Waals surface area contributed by atoms with Crippen molar-refractivity contribution < 1.29 is 21.9 Å². The van der Waals surface area contributed by atoms with Gasteiger partial charge in [0.1, 0.15) is 5.75 Å². The fourth-order valence-electron chi connectivity index (χ4n) is 2.01. The van der Waals surface area contributed by atoms with Gasteiger partial charge in [-0.15, -0.1) is 0 Å². The first-order valence-electron chi connectivity index (χ1n) is 8.02. The van der Waals surface area contributed by atoms with Crippen LogP contribution >= 0.6 is 23.2 Å². The number of sulfonamides is 1. The largest absolute Gasteiger partial charge is 0.433 e. The Morgan fingerprint density at radius 3 is 2.56 bits per heavy atom. The molecular formula is C15H22Cl2F2N4O3S. The van der Waals surface area contributed by atoms with Crippen LogP contribution in [0.15, 0.2) is 17.1 Å². The van der Waals surface area contributed by atoms with Crippen molar-refractivity contribution in [2.45, 2.75) is 26.5 Å². The molecule has 0 atom stereocenters. The van der Waals surface area contributed by atoms with Gasteiger partial charge in [0.25, 0.3) is 0 Å². The molecule has 1 rings (SSSR count). The molecule has 1 aromatic rings. The molecule has 12 heteroatoms. The lowest BCUT2D eigenvalue weighted by Gasteiger charge is -2.14. The van der Waals surface area contributed by atoms with Crippen molar-refractivity contribution in [3.05, 3.63) is 27.7 Å². The van der Waals surface area contributed by atoms with Gasteiger partial charge >= 0.3 is 6.61 Å². The fraction of sp³-hybridized carbons (Fsp3) is 0.533. The normalized spacial score (nSPS) is 12.3. The Hall–Kier alpha value is -1.36. The van der Waals surface area contributed by atoms with Gasteiger partial charge in [-0.25, -0.2) is 18.1 Å². The van der Waals surface area contributed by atoms with Crippen LogP contribution < -0.4 is 20.1 Å². The van der Waals surface area contributed by atoms with Gasteiger partial charge in [-0.05, 0) is 25.5 Å². The van der Waals surface area contributed by atoms with Crippen molar-refractivity contribution in [3.63, 3.8) is 0 Å². The summed E-state index contributed by atoms with van der Waals surface area (Å²) in [5.41, 5.74) is 0.309. The molecule has 3 N–H and O–H groups in total. The summed E-state index contributed by atoms with van der Waals surface area (Å²) in [6, 6.07) is 2.76. The summed E-state index contributed by atoms with van der Waals surface area (Å²) < 4.78 is 54.0. The molecule has 0 fully saturated rings. The maximum absolute atomic E-state index is 12.6. The predicted molar refractivity (Wildman–Crippen MR) is 103 cm³/mol. The summed E-state index contributed by atoms with van der Waals surface area (Å²) in [6.07, 6.45) is 1.61. The molecule has 0 aromatic heterocycles. The fourth-order valence-corrected chi connectivity index (χ4v) is 3.11. The Labute approximate surface area is 167 Å². The zero-order valence-electron chi connectivity index (χ0n) is 14.9. The quantitative estimate of drug-likeness (QED) is 0.291. The van der Waals surface area contributed by atoms with E-state index in [0.717, 1.165) is 6.26 Å². The predicted octanol–water partition coefficient (Wildman–Crippen LogP) is 2.59. The average molecular weight is 447 g/mol. The molecule has 0 saturated heterocycles. The maximum atomic E-state index is 12.6. The molecule has 0 radical (unpaired) electrons. The minimum Gasteiger partial charge on any atom is -0.433 e. The molecule has 0 aliphatic heterocycles. The number of ether oxygens (including phenoxy) is 1. The van der Waals surface area contributed by atoms with E-state index >= 15 is 0 Å². The second-order valence-corrected chi connectivity index (χ2v) is 8.07. The third kappa shape index (κ3) is 9.94. The topological polar surface area (TPSA) is 91.8 Å². The van der Waals surface area contributed by atoms with Crippen LogP contribution in [-0.4, -0.2) is 46.9 Å². The number of guanidine groups is 1. The molecule has 27 heavy (non-hydrogen) atoms. The van der Waals surface area contributed by atoms with Gasteiger partial charge in [-0.1, -0.05) is 23.2 Å². The number of alkyl halides is 2. The molecule has 7 nitrogen and oxygen atoms in total. The summed E-state index contributed by atoms with van der Waals surface area (Å²) in [4.78, 5) is 4.29. The van der Waals surface area contributed by atoms with Crippen molar-refractivity contribution in [3.8, 4) is 5.75 Å². The van der Waals surface area contributed by atoms with Crippen LogP contribution in [0.3, 0.4) is 0 Å². The number of aliphatic imine (C=N–C) groups is 1. The molecule has 0 unspecified atom stereocenters. The number of nitrogens with zero attached hydrogens (tertiary/aromatic N) is 1. The number of benzene rings is 1. The number of hydrogen-bond acceptors (Lipinski definition) is 4. The van der Waals surface area contributed by atoms with Gasteiger partial charge in [0.2, 0.25) is 10.0 Å². The van der Waals surface area contributed by atoms with Gasteiger partial charge in [0, 0.05) is 30.2 Å². The number of hydrogen-bond donors (Lipinski definition) is 3. The van der Waals surface area contributed by atoms with Crippen LogP contribution in [0.4, 0.5) is 8.78 Å². The lowest BCUT2D eigenvalue weighted by Crippen LogP contribution is -2.38. The molecule has 0 saturated carbocycles. The Morgan fingerprint density at radius 2 is 1.96 bits per heavy atom. The van der Waals surface area contributed by atoms with E-state index in [1.165, 1.54) is 12.1 Å². The highest BCUT2D eigenvalue weighted by Gasteiger charge is 2.15. The zero-order valence-corrected chi connectivity index (χ0v) is 17.2. The Kier molecular flexibility index (Phi) is 10.1. The van der Waals surface area contributed by atoms with Crippen LogP contribution in [0, 0.1) is 0 Å². The molecule has 154 valence electrons. The molecule has 0 spiro atoms. The van der Waals surface area contributed by atoms with Gasteiger partial charge in [-0.3, -0.25) is 0 Å². The van der Waals surface area contributed by atoms with E-state index in [1.807, 2.05) is 6.92 Å². The van der Waals surface area contributed by atoms with E-state index in [-0.39, 0.29) is 28.9 Å². The van der Waals surface area contributed by atoms with Crippen LogP contribution in [0.1, 0.15) is 18.9 Å². The van der Waals surface area contributed by atoms with Crippen molar-refractivity contribution in [2.24, 2.45) is 4.99 Å². The Morgan fingerprint density at radius 1 is 1.26 bits per heavy atom.